The second kappa shape index (κ2) is 4.67. The Bertz CT molecular complexity index is 501. The van der Waals surface area contributed by atoms with Gasteiger partial charge in [-0.15, -0.1) is 0 Å². The highest BCUT2D eigenvalue weighted by Crippen LogP contribution is 2.27. The van der Waals surface area contributed by atoms with Crippen molar-refractivity contribution < 1.29 is 0 Å². The van der Waals surface area contributed by atoms with Gasteiger partial charge in [-0.3, -0.25) is 0 Å². The highest BCUT2D eigenvalue weighted by Gasteiger charge is 2.02. The lowest BCUT2D eigenvalue weighted by molar-refractivity contribution is 1.17. The first-order chi connectivity index (χ1) is 7.65. The van der Waals surface area contributed by atoms with Crippen LogP contribution in [0.25, 0.3) is 0 Å². The molecule has 4 nitrogen and oxygen atoms in total. The topological polar surface area (TPSA) is 63.8 Å². The van der Waals surface area contributed by atoms with Gasteiger partial charge in [-0.2, -0.15) is 0 Å². The number of nitrogens with one attached hydrogen (secondary N) is 1. The minimum Gasteiger partial charge on any atom is -0.396 e. The quantitative estimate of drug-likeness (QED) is 0.893. The van der Waals surface area contributed by atoms with E-state index in [0.717, 1.165) is 10.2 Å². The maximum atomic E-state index is 5.84. The first kappa shape index (κ1) is 11.2. The predicted molar refractivity (Wildman–Crippen MR) is 68.9 cm³/mol. The van der Waals surface area contributed by atoms with Crippen LogP contribution >= 0.6 is 27.5 Å². The van der Waals surface area contributed by atoms with E-state index >= 15 is 0 Å². The first-order valence-electron chi connectivity index (χ1n) is 4.45. The molecule has 0 aliphatic heterocycles. The van der Waals surface area contributed by atoms with Crippen molar-refractivity contribution in [2.24, 2.45) is 0 Å². The minimum absolute atomic E-state index is 0.484. The molecule has 0 unspecified atom stereocenters. The Morgan fingerprint density at radius 2 is 1.94 bits per heavy atom. The molecule has 0 saturated heterocycles. The van der Waals surface area contributed by atoms with Gasteiger partial charge in [0.25, 0.3) is 0 Å². The summed E-state index contributed by atoms with van der Waals surface area (Å²) >= 11 is 9.23. The zero-order chi connectivity index (χ0) is 11.5. The highest BCUT2D eigenvalue weighted by atomic mass is 79.9. The summed E-state index contributed by atoms with van der Waals surface area (Å²) in [5, 5.41) is 3.71. The molecule has 0 atom stereocenters. The zero-order valence-electron chi connectivity index (χ0n) is 8.11. The second-order valence-electron chi connectivity index (χ2n) is 3.09. The second-order valence-corrected chi connectivity index (χ2v) is 4.38. The molecule has 0 saturated carbocycles. The van der Waals surface area contributed by atoms with Crippen LogP contribution in [0.5, 0.6) is 0 Å². The van der Waals surface area contributed by atoms with Crippen LogP contribution in [0, 0.1) is 0 Å². The fourth-order valence-electron chi connectivity index (χ4n) is 1.11. The molecule has 0 aliphatic carbocycles. The van der Waals surface area contributed by atoms with E-state index in [9.17, 15) is 0 Å². The third-order valence-electron chi connectivity index (χ3n) is 1.85. The monoisotopic (exact) mass is 298 g/mol. The molecule has 1 heterocycles. The number of hydrogen-bond acceptors (Lipinski definition) is 4. The fraction of sp³-hybridized carbons (Fsp3) is 0. The van der Waals surface area contributed by atoms with Crippen molar-refractivity contribution in [3.63, 3.8) is 0 Å². The number of halogens is 2. The van der Waals surface area contributed by atoms with E-state index in [1.54, 1.807) is 24.5 Å². The van der Waals surface area contributed by atoms with Gasteiger partial charge in [-0.05, 0) is 34.1 Å². The van der Waals surface area contributed by atoms with E-state index < -0.39 is 0 Å². The van der Waals surface area contributed by atoms with Gasteiger partial charge in [-0.1, -0.05) is 11.6 Å². The van der Waals surface area contributed by atoms with E-state index in [-0.39, 0.29) is 0 Å². The summed E-state index contributed by atoms with van der Waals surface area (Å²) in [4.78, 5) is 8.07. The number of hydrogen-bond donors (Lipinski definition) is 2. The smallest absolute Gasteiger partial charge is 0.227 e. The summed E-state index contributed by atoms with van der Waals surface area (Å²) < 4.78 is 0.848. The van der Waals surface area contributed by atoms with E-state index in [1.807, 2.05) is 6.07 Å². The van der Waals surface area contributed by atoms with Gasteiger partial charge in [0.05, 0.1) is 23.8 Å². The number of benzene rings is 1. The lowest BCUT2D eigenvalue weighted by Gasteiger charge is -2.06. The molecule has 0 bridgehead atoms. The van der Waals surface area contributed by atoms with Crippen molar-refractivity contribution in [1.82, 2.24) is 9.97 Å². The summed E-state index contributed by atoms with van der Waals surface area (Å²) in [6, 6.07) is 5.42. The maximum Gasteiger partial charge on any atom is 0.227 e. The van der Waals surface area contributed by atoms with Crippen molar-refractivity contribution in [2.45, 2.75) is 0 Å². The van der Waals surface area contributed by atoms with Crippen LogP contribution in [-0.2, 0) is 0 Å². The van der Waals surface area contributed by atoms with Gasteiger partial charge in [-0.25, -0.2) is 9.97 Å². The summed E-state index contributed by atoms with van der Waals surface area (Å²) in [5.41, 5.74) is 6.86. The van der Waals surface area contributed by atoms with Crippen molar-refractivity contribution in [3.05, 3.63) is 40.1 Å². The summed E-state index contributed by atoms with van der Waals surface area (Å²) in [6.45, 7) is 0. The predicted octanol–water partition coefficient (Wildman–Crippen LogP) is 3.22. The van der Waals surface area contributed by atoms with Crippen LogP contribution in [0.4, 0.5) is 17.3 Å². The van der Waals surface area contributed by atoms with Crippen LogP contribution in [0.1, 0.15) is 0 Å². The molecule has 82 valence electrons. The molecule has 0 fully saturated rings. The Kier molecular flexibility index (Phi) is 3.26. The molecular formula is C10H8BrClN4. The molecule has 1 aromatic carbocycles. The number of nitrogen functional groups attached to an aromatic ring is 1. The van der Waals surface area contributed by atoms with Crippen LogP contribution < -0.4 is 11.1 Å². The Hall–Kier alpha value is -1.33. The van der Waals surface area contributed by atoms with Crippen LogP contribution in [0.15, 0.2) is 35.1 Å². The molecule has 0 spiro atoms. The molecule has 6 heteroatoms. The van der Waals surface area contributed by atoms with Gasteiger partial charge >= 0.3 is 0 Å². The molecule has 3 N–H and O–H groups in total. The van der Waals surface area contributed by atoms with Gasteiger partial charge in [0, 0.05) is 9.50 Å². The van der Waals surface area contributed by atoms with Crippen LogP contribution in [0.3, 0.4) is 0 Å². The van der Waals surface area contributed by atoms with E-state index in [1.165, 1.54) is 0 Å². The third kappa shape index (κ3) is 2.62. The molecule has 0 aliphatic rings. The summed E-state index contributed by atoms with van der Waals surface area (Å²) in [5.74, 6) is 0.484. The minimum atomic E-state index is 0.484. The lowest BCUT2D eigenvalue weighted by Crippen LogP contribution is -1.98. The SMILES string of the molecule is Nc1cnc(Nc2ccc(Cl)cc2Br)nc1. The third-order valence-corrected chi connectivity index (χ3v) is 2.74. The molecule has 2 aromatic rings. The van der Waals surface area contributed by atoms with Gasteiger partial charge in [0.15, 0.2) is 0 Å². The Balaban J connectivity index is 2.23. The highest BCUT2D eigenvalue weighted by molar-refractivity contribution is 9.10. The largest absolute Gasteiger partial charge is 0.396 e. The average Bonchev–Trinajstić information content (AvgIpc) is 2.25. The molecule has 0 amide bonds. The number of nitrogens with two attached hydrogens (primary N) is 1. The van der Waals surface area contributed by atoms with E-state index in [0.29, 0.717) is 16.7 Å². The molecular weight excluding hydrogens is 291 g/mol. The molecule has 2 rings (SSSR count). The summed E-state index contributed by atoms with van der Waals surface area (Å²) in [6.07, 6.45) is 3.08. The normalized spacial score (nSPS) is 10.1. The van der Waals surface area contributed by atoms with E-state index in [4.69, 9.17) is 17.3 Å². The zero-order valence-corrected chi connectivity index (χ0v) is 10.5. The van der Waals surface area contributed by atoms with E-state index in [2.05, 4.69) is 31.2 Å². The number of anilines is 3. The molecule has 1 aromatic heterocycles. The maximum absolute atomic E-state index is 5.84. The summed E-state index contributed by atoms with van der Waals surface area (Å²) in [7, 11) is 0. The first-order valence-corrected chi connectivity index (χ1v) is 5.62. The Morgan fingerprint density at radius 1 is 1.25 bits per heavy atom. The van der Waals surface area contributed by atoms with Crippen LogP contribution in [-0.4, -0.2) is 9.97 Å². The van der Waals surface area contributed by atoms with Gasteiger partial charge in [0.1, 0.15) is 0 Å². The van der Waals surface area contributed by atoms with Gasteiger partial charge in [0.2, 0.25) is 5.95 Å². The Labute approximate surface area is 106 Å². The molecule has 16 heavy (non-hydrogen) atoms. The average molecular weight is 300 g/mol. The Morgan fingerprint density at radius 3 is 2.56 bits per heavy atom. The van der Waals surface area contributed by atoms with Crippen molar-refractivity contribution in [2.75, 3.05) is 11.1 Å². The number of aromatic nitrogens is 2. The van der Waals surface area contributed by atoms with Gasteiger partial charge < -0.3 is 11.1 Å². The molecule has 0 radical (unpaired) electrons. The van der Waals surface area contributed by atoms with Crippen molar-refractivity contribution in [3.8, 4) is 0 Å². The van der Waals surface area contributed by atoms with Crippen molar-refractivity contribution in [1.29, 1.82) is 0 Å². The van der Waals surface area contributed by atoms with Crippen molar-refractivity contribution >= 4 is 44.9 Å². The number of rotatable bonds is 2. The fourth-order valence-corrected chi connectivity index (χ4v) is 1.90. The lowest BCUT2D eigenvalue weighted by atomic mass is 10.3. The van der Waals surface area contributed by atoms with Crippen LogP contribution in [0.2, 0.25) is 5.02 Å². The number of nitrogens with zero attached hydrogens (tertiary/aromatic N) is 2. The standard InChI is InChI=1S/C10H8BrClN4/c11-8-3-6(12)1-2-9(8)16-10-14-4-7(13)5-15-10/h1-5H,13H2,(H,14,15,16).